The first-order valence-corrected chi connectivity index (χ1v) is 8.82. The summed E-state index contributed by atoms with van der Waals surface area (Å²) in [4.78, 5) is 2.43. The summed E-state index contributed by atoms with van der Waals surface area (Å²) in [6.07, 6.45) is 6.98. The Morgan fingerprint density at radius 1 is 1.13 bits per heavy atom. The van der Waals surface area contributed by atoms with Crippen molar-refractivity contribution in [2.75, 3.05) is 13.2 Å². The highest BCUT2D eigenvalue weighted by atomic mass is 35.5. The van der Waals surface area contributed by atoms with Gasteiger partial charge in [0.15, 0.2) is 0 Å². The quantitative estimate of drug-likeness (QED) is 0.889. The van der Waals surface area contributed by atoms with Crippen molar-refractivity contribution in [2.24, 2.45) is 0 Å². The van der Waals surface area contributed by atoms with E-state index < -0.39 is 6.10 Å². The highest BCUT2D eigenvalue weighted by Gasteiger charge is 2.26. The predicted octanol–water partition coefficient (Wildman–Crippen LogP) is 3.60. The number of β-amino-alcohol motifs (C(OH)–C–C–N with tert-alkyl or cyclic N) is 1. The Bertz CT molecular complexity index is 498. The van der Waals surface area contributed by atoms with E-state index in [0.717, 1.165) is 12.2 Å². The van der Waals surface area contributed by atoms with E-state index in [0.29, 0.717) is 25.2 Å². The Labute approximate surface area is 146 Å². The van der Waals surface area contributed by atoms with Gasteiger partial charge in [-0.2, -0.15) is 0 Å². The number of aryl methyl sites for hydroxylation is 2. The van der Waals surface area contributed by atoms with E-state index >= 15 is 0 Å². The lowest BCUT2D eigenvalue weighted by molar-refractivity contribution is 0.0209. The minimum absolute atomic E-state index is 0. The van der Waals surface area contributed by atoms with Gasteiger partial charge >= 0.3 is 0 Å². The van der Waals surface area contributed by atoms with Crippen LogP contribution in [0.3, 0.4) is 0 Å². The number of piperidine rings is 1. The van der Waals surface area contributed by atoms with Crippen LogP contribution in [0.2, 0.25) is 0 Å². The number of hydrogen-bond donors (Lipinski definition) is 1. The highest BCUT2D eigenvalue weighted by molar-refractivity contribution is 5.85. The largest absolute Gasteiger partial charge is 0.491 e. The zero-order chi connectivity index (χ0) is 15.5. The second-order valence-electron chi connectivity index (χ2n) is 7.07. The topological polar surface area (TPSA) is 32.7 Å². The SMILES string of the molecule is CC1CCCC(C)N1CC(O)COc1ccc2c(c1)CCC2.Cl. The van der Waals surface area contributed by atoms with Crippen molar-refractivity contribution in [2.45, 2.75) is 70.6 Å². The monoisotopic (exact) mass is 339 g/mol. The summed E-state index contributed by atoms with van der Waals surface area (Å²) in [5.41, 5.74) is 2.88. The van der Waals surface area contributed by atoms with Crippen molar-refractivity contribution in [3.05, 3.63) is 29.3 Å². The third kappa shape index (κ3) is 4.62. The number of rotatable bonds is 5. The van der Waals surface area contributed by atoms with E-state index in [-0.39, 0.29) is 12.4 Å². The summed E-state index contributed by atoms with van der Waals surface area (Å²) in [6, 6.07) is 7.51. The normalized spacial score (nSPS) is 25.5. The standard InChI is InChI=1S/C19H29NO2.ClH/c1-14-5-3-6-15(2)20(14)12-18(21)13-22-19-10-9-16-7-4-8-17(16)11-19;/h9-11,14-15,18,21H,3-8,12-13H2,1-2H3;1H. The van der Waals surface area contributed by atoms with Gasteiger partial charge in [-0.3, -0.25) is 4.90 Å². The molecule has 1 aliphatic carbocycles. The second-order valence-corrected chi connectivity index (χ2v) is 7.07. The highest BCUT2D eigenvalue weighted by Crippen LogP contribution is 2.26. The molecule has 1 saturated heterocycles. The van der Waals surface area contributed by atoms with Crippen LogP contribution in [0.1, 0.15) is 50.7 Å². The van der Waals surface area contributed by atoms with Crippen LogP contribution >= 0.6 is 12.4 Å². The number of likely N-dealkylation sites (tertiary alicyclic amines) is 1. The Morgan fingerprint density at radius 2 is 1.83 bits per heavy atom. The van der Waals surface area contributed by atoms with Crippen molar-refractivity contribution in [1.82, 2.24) is 4.90 Å². The third-order valence-corrected chi connectivity index (χ3v) is 5.31. The van der Waals surface area contributed by atoms with Crippen LogP contribution in [0.4, 0.5) is 0 Å². The summed E-state index contributed by atoms with van der Waals surface area (Å²) in [7, 11) is 0. The molecule has 23 heavy (non-hydrogen) atoms. The molecule has 1 aromatic rings. The van der Waals surface area contributed by atoms with Gasteiger partial charge in [-0.05, 0) is 69.2 Å². The van der Waals surface area contributed by atoms with E-state index in [1.54, 1.807) is 0 Å². The van der Waals surface area contributed by atoms with Gasteiger partial charge < -0.3 is 9.84 Å². The maximum absolute atomic E-state index is 10.3. The van der Waals surface area contributed by atoms with Gasteiger partial charge in [-0.25, -0.2) is 0 Å². The summed E-state index contributed by atoms with van der Waals surface area (Å²) >= 11 is 0. The minimum atomic E-state index is -0.420. The van der Waals surface area contributed by atoms with Gasteiger partial charge in [-0.1, -0.05) is 12.5 Å². The molecular formula is C19H30ClNO2. The molecule has 1 aromatic carbocycles. The lowest BCUT2D eigenvalue weighted by Crippen LogP contribution is -2.48. The first-order valence-electron chi connectivity index (χ1n) is 8.82. The summed E-state index contributed by atoms with van der Waals surface area (Å²) in [5.74, 6) is 0.902. The van der Waals surface area contributed by atoms with Crippen LogP contribution in [-0.4, -0.2) is 41.3 Å². The number of halogens is 1. The summed E-state index contributed by atoms with van der Waals surface area (Å²) in [6.45, 7) is 5.63. The Balaban J connectivity index is 0.00000192. The number of ether oxygens (including phenoxy) is 1. The van der Waals surface area contributed by atoms with E-state index in [2.05, 4.69) is 30.9 Å². The molecule has 0 amide bonds. The fourth-order valence-electron chi connectivity index (χ4n) is 3.96. The molecule has 0 radical (unpaired) electrons. The Morgan fingerprint density at radius 3 is 2.57 bits per heavy atom. The average Bonchev–Trinajstić information content (AvgIpc) is 2.96. The fraction of sp³-hybridized carbons (Fsp3) is 0.684. The zero-order valence-electron chi connectivity index (χ0n) is 14.3. The van der Waals surface area contributed by atoms with Crippen molar-refractivity contribution in [3.63, 3.8) is 0 Å². The molecule has 1 heterocycles. The fourth-order valence-corrected chi connectivity index (χ4v) is 3.96. The molecule has 0 spiro atoms. The van der Waals surface area contributed by atoms with Gasteiger partial charge in [0.25, 0.3) is 0 Å². The number of aliphatic hydroxyl groups is 1. The van der Waals surface area contributed by atoms with E-state index in [9.17, 15) is 5.11 Å². The molecule has 2 aliphatic rings. The Hall–Kier alpha value is -0.770. The number of hydrogen-bond acceptors (Lipinski definition) is 3. The smallest absolute Gasteiger partial charge is 0.119 e. The molecule has 4 heteroatoms. The van der Waals surface area contributed by atoms with Gasteiger partial charge in [0.1, 0.15) is 18.5 Å². The molecule has 0 saturated carbocycles. The number of fused-ring (bicyclic) bond motifs is 1. The van der Waals surface area contributed by atoms with Crippen LogP contribution in [0.15, 0.2) is 18.2 Å². The van der Waals surface area contributed by atoms with Gasteiger partial charge in [0.05, 0.1) is 0 Å². The first-order chi connectivity index (χ1) is 10.6. The number of benzene rings is 1. The van der Waals surface area contributed by atoms with Gasteiger partial charge in [0.2, 0.25) is 0 Å². The van der Waals surface area contributed by atoms with E-state index in [4.69, 9.17) is 4.74 Å². The van der Waals surface area contributed by atoms with E-state index in [1.807, 2.05) is 6.07 Å². The van der Waals surface area contributed by atoms with E-state index in [1.165, 1.54) is 43.2 Å². The molecular weight excluding hydrogens is 310 g/mol. The number of aliphatic hydroxyl groups excluding tert-OH is 1. The first kappa shape index (κ1) is 18.6. The third-order valence-electron chi connectivity index (χ3n) is 5.31. The molecule has 0 aromatic heterocycles. The lowest BCUT2D eigenvalue weighted by Gasteiger charge is -2.40. The van der Waals surface area contributed by atoms with Crippen LogP contribution < -0.4 is 4.74 Å². The summed E-state index contributed by atoms with van der Waals surface area (Å²) in [5, 5.41) is 10.3. The maximum atomic E-state index is 10.3. The summed E-state index contributed by atoms with van der Waals surface area (Å²) < 4.78 is 5.83. The molecule has 3 nitrogen and oxygen atoms in total. The lowest BCUT2D eigenvalue weighted by atomic mass is 9.97. The molecule has 1 N–H and O–H groups in total. The maximum Gasteiger partial charge on any atom is 0.119 e. The molecule has 1 aliphatic heterocycles. The number of nitrogens with zero attached hydrogens (tertiary/aromatic N) is 1. The van der Waals surface area contributed by atoms with Crippen LogP contribution in [0, 0.1) is 0 Å². The molecule has 130 valence electrons. The Kier molecular flexibility index (Phi) is 6.75. The van der Waals surface area contributed by atoms with Crippen LogP contribution in [0.5, 0.6) is 5.75 Å². The van der Waals surface area contributed by atoms with Crippen LogP contribution in [0.25, 0.3) is 0 Å². The molecule has 3 rings (SSSR count). The van der Waals surface area contributed by atoms with Crippen molar-refractivity contribution < 1.29 is 9.84 Å². The van der Waals surface area contributed by atoms with Crippen LogP contribution in [-0.2, 0) is 12.8 Å². The molecule has 3 atom stereocenters. The molecule has 3 unspecified atom stereocenters. The van der Waals surface area contributed by atoms with Crippen molar-refractivity contribution in [1.29, 1.82) is 0 Å². The molecule has 1 fully saturated rings. The second kappa shape index (κ2) is 8.36. The molecule has 0 bridgehead atoms. The van der Waals surface area contributed by atoms with Gasteiger partial charge in [0, 0.05) is 18.6 Å². The average molecular weight is 340 g/mol. The predicted molar refractivity (Wildman–Crippen MR) is 96.7 cm³/mol. The zero-order valence-corrected chi connectivity index (χ0v) is 15.1. The van der Waals surface area contributed by atoms with Crippen molar-refractivity contribution in [3.8, 4) is 5.75 Å². The van der Waals surface area contributed by atoms with Gasteiger partial charge in [-0.15, -0.1) is 12.4 Å². The minimum Gasteiger partial charge on any atom is -0.491 e. The van der Waals surface area contributed by atoms with Crippen molar-refractivity contribution >= 4 is 12.4 Å².